The third-order valence-electron chi connectivity index (χ3n) is 3.94. The van der Waals surface area contributed by atoms with Crippen LogP contribution in [0.5, 0.6) is 0 Å². The number of hydrogen-bond donors (Lipinski definition) is 1. The van der Waals surface area contributed by atoms with E-state index in [0.717, 1.165) is 30.0 Å². The van der Waals surface area contributed by atoms with Crippen LogP contribution in [0, 0.1) is 5.41 Å². The minimum atomic E-state index is -0.0117. The Balaban J connectivity index is 2.21. The van der Waals surface area contributed by atoms with Gasteiger partial charge in [0, 0.05) is 24.0 Å². The molecule has 1 aliphatic heterocycles. The zero-order valence-electron chi connectivity index (χ0n) is 11.8. The van der Waals surface area contributed by atoms with Crippen LogP contribution in [0.3, 0.4) is 0 Å². The van der Waals surface area contributed by atoms with Crippen LogP contribution in [0.25, 0.3) is 0 Å². The van der Waals surface area contributed by atoms with Gasteiger partial charge in [-0.25, -0.2) is 0 Å². The molecule has 1 fully saturated rings. The second-order valence-corrected chi connectivity index (χ2v) is 6.66. The van der Waals surface area contributed by atoms with E-state index in [0.29, 0.717) is 0 Å². The van der Waals surface area contributed by atoms with Gasteiger partial charge in [0.2, 0.25) is 0 Å². The Bertz CT molecular complexity index is 473. The molecule has 1 heterocycles. The van der Waals surface area contributed by atoms with E-state index in [1.54, 1.807) is 11.8 Å². The molecule has 1 atom stereocenters. The quantitative estimate of drug-likeness (QED) is 0.846. The molecular weight excluding hydrogens is 256 g/mol. The summed E-state index contributed by atoms with van der Waals surface area (Å²) in [6.45, 7) is 5.76. The molecule has 1 aromatic carbocycles. The molecule has 2 N–H and O–H groups in total. The first-order chi connectivity index (χ1) is 8.95. The third-order valence-corrected chi connectivity index (χ3v) is 4.73. The number of carbonyl (C=O) groups excluding carboxylic acids is 1. The maximum absolute atomic E-state index is 12.6. The minimum Gasteiger partial charge on any atom is -0.338 e. The molecule has 0 saturated carbocycles. The zero-order chi connectivity index (χ0) is 14.0. The monoisotopic (exact) mass is 278 g/mol. The summed E-state index contributed by atoms with van der Waals surface area (Å²) >= 11 is 1.62. The molecule has 1 unspecified atom stereocenters. The molecule has 0 bridgehead atoms. The van der Waals surface area contributed by atoms with E-state index in [2.05, 4.69) is 13.8 Å². The number of piperidine rings is 1. The van der Waals surface area contributed by atoms with Crippen molar-refractivity contribution in [2.75, 3.05) is 19.3 Å². The average Bonchev–Trinajstić information content (AvgIpc) is 2.41. The Morgan fingerprint density at radius 1 is 1.42 bits per heavy atom. The lowest BCUT2D eigenvalue weighted by atomic mass is 9.79. The molecular formula is C15H22N2OS. The van der Waals surface area contributed by atoms with Crippen molar-refractivity contribution in [1.29, 1.82) is 0 Å². The molecule has 1 aromatic rings. The van der Waals surface area contributed by atoms with Crippen molar-refractivity contribution in [3.8, 4) is 0 Å². The summed E-state index contributed by atoms with van der Waals surface area (Å²) in [5, 5.41) is 0. The standard InChI is InChI=1S/C15H22N2OS/c1-15(2)10-17(9-8-13(15)16)14(18)11-6-4-5-7-12(11)19-3/h4-7,13H,8-10,16H2,1-3H3. The van der Waals surface area contributed by atoms with Crippen LogP contribution < -0.4 is 5.73 Å². The maximum Gasteiger partial charge on any atom is 0.255 e. The second-order valence-electron chi connectivity index (χ2n) is 5.81. The van der Waals surface area contributed by atoms with Crippen LogP contribution in [0.2, 0.25) is 0 Å². The summed E-state index contributed by atoms with van der Waals surface area (Å²) in [5.74, 6) is 0.130. The number of thioether (sulfide) groups is 1. The molecule has 0 aromatic heterocycles. The first-order valence-corrected chi connectivity index (χ1v) is 7.86. The van der Waals surface area contributed by atoms with Crippen molar-refractivity contribution in [3.63, 3.8) is 0 Å². The predicted molar refractivity (Wildman–Crippen MR) is 80.5 cm³/mol. The summed E-state index contributed by atoms with van der Waals surface area (Å²) in [7, 11) is 0. The molecule has 2 rings (SSSR count). The lowest BCUT2D eigenvalue weighted by molar-refractivity contribution is 0.0529. The van der Waals surface area contributed by atoms with Gasteiger partial charge in [0.05, 0.1) is 5.56 Å². The number of hydrogen-bond acceptors (Lipinski definition) is 3. The normalized spacial score (nSPS) is 22.3. The summed E-state index contributed by atoms with van der Waals surface area (Å²) in [5.41, 5.74) is 6.92. The van der Waals surface area contributed by atoms with E-state index in [4.69, 9.17) is 5.73 Å². The van der Waals surface area contributed by atoms with Gasteiger partial charge in [0.25, 0.3) is 5.91 Å². The van der Waals surface area contributed by atoms with Gasteiger partial charge < -0.3 is 10.6 Å². The molecule has 19 heavy (non-hydrogen) atoms. The lowest BCUT2D eigenvalue weighted by Gasteiger charge is -2.42. The number of benzene rings is 1. The van der Waals surface area contributed by atoms with Gasteiger partial charge in [-0.15, -0.1) is 11.8 Å². The Hall–Kier alpha value is -1.00. The first kappa shape index (κ1) is 14.4. The Kier molecular flexibility index (Phi) is 4.21. The molecule has 3 nitrogen and oxygen atoms in total. The molecule has 104 valence electrons. The van der Waals surface area contributed by atoms with Gasteiger partial charge in [-0.1, -0.05) is 26.0 Å². The van der Waals surface area contributed by atoms with E-state index >= 15 is 0 Å². The lowest BCUT2D eigenvalue weighted by Crippen LogP contribution is -2.54. The summed E-state index contributed by atoms with van der Waals surface area (Å²) in [4.78, 5) is 15.6. The van der Waals surface area contributed by atoms with Crippen LogP contribution in [0.1, 0.15) is 30.6 Å². The van der Waals surface area contributed by atoms with Crippen LogP contribution in [0.15, 0.2) is 29.2 Å². The molecule has 0 spiro atoms. The maximum atomic E-state index is 12.6. The summed E-state index contributed by atoms with van der Waals surface area (Å²) in [6, 6.07) is 7.98. The van der Waals surface area contributed by atoms with E-state index in [1.165, 1.54) is 0 Å². The highest BCUT2D eigenvalue weighted by atomic mass is 32.2. The second kappa shape index (κ2) is 5.55. The number of nitrogens with zero attached hydrogens (tertiary/aromatic N) is 1. The predicted octanol–water partition coefficient (Wildman–Crippen LogP) is 2.61. The molecule has 0 aliphatic carbocycles. The zero-order valence-corrected chi connectivity index (χ0v) is 12.7. The highest BCUT2D eigenvalue weighted by Gasteiger charge is 2.35. The van der Waals surface area contributed by atoms with Gasteiger partial charge in [-0.3, -0.25) is 4.79 Å². The fourth-order valence-electron chi connectivity index (χ4n) is 2.54. The number of likely N-dealkylation sites (tertiary alicyclic amines) is 1. The number of nitrogens with two attached hydrogens (primary N) is 1. The van der Waals surface area contributed by atoms with E-state index in [-0.39, 0.29) is 17.4 Å². The summed E-state index contributed by atoms with van der Waals surface area (Å²) in [6.07, 6.45) is 2.88. The third kappa shape index (κ3) is 2.95. The van der Waals surface area contributed by atoms with Crippen molar-refractivity contribution in [3.05, 3.63) is 29.8 Å². The molecule has 1 saturated heterocycles. The number of carbonyl (C=O) groups is 1. The van der Waals surface area contributed by atoms with Gasteiger partial charge in [-0.05, 0) is 30.2 Å². The van der Waals surface area contributed by atoms with E-state index in [9.17, 15) is 4.79 Å². The molecule has 0 radical (unpaired) electrons. The fraction of sp³-hybridized carbons (Fsp3) is 0.533. The van der Waals surface area contributed by atoms with Gasteiger partial charge in [-0.2, -0.15) is 0 Å². The van der Waals surface area contributed by atoms with Crippen molar-refractivity contribution in [2.24, 2.45) is 11.1 Å². The van der Waals surface area contributed by atoms with Gasteiger partial charge >= 0.3 is 0 Å². The van der Waals surface area contributed by atoms with Crippen molar-refractivity contribution in [1.82, 2.24) is 4.90 Å². The van der Waals surface area contributed by atoms with Crippen LogP contribution in [-0.4, -0.2) is 36.2 Å². The van der Waals surface area contributed by atoms with Crippen LogP contribution in [0.4, 0.5) is 0 Å². The fourth-order valence-corrected chi connectivity index (χ4v) is 3.13. The van der Waals surface area contributed by atoms with Crippen molar-refractivity contribution in [2.45, 2.75) is 31.2 Å². The Morgan fingerprint density at radius 3 is 2.74 bits per heavy atom. The highest BCUT2D eigenvalue weighted by molar-refractivity contribution is 7.98. The largest absolute Gasteiger partial charge is 0.338 e. The summed E-state index contributed by atoms with van der Waals surface area (Å²) < 4.78 is 0. The smallest absolute Gasteiger partial charge is 0.255 e. The number of amides is 1. The first-order valence-electron chi connectivity index (χ1n) is 6.63. The van der Waals surface area contributed by atoms with Crippen LogP contribution >= 0.6 is 11.8 Å². The molecule has 4 heteroatoms. The SMILES string of the molecule is CSc1ccccc1C(=O)N1CCC(N)C(C)(C)C1. The van der Waals surface area contributed by atoms with Crippen molar-refractivity contribution < 1.29 is 4.79 Å². The number of rotatable bonds is 2. The average molecular weight is 278 g/mol. The minimum absolute atomic E-state index is 0.0117. The van der Waals surface area contributed by atoms with E-state index < -0.39 is 0 Å². The Labute approximate surface area is 119 Å². The van der Waals surface area contributed by atoms with E-state index in [1.807, 2.05) is 35.4 Å². The highest BCUT2D eigenvalue weighted by Crippen LogP contribution is 2.30. The van der Waals surface area contributed by atoms with Crippen LogP contribution in [-0.2, 0) is 0 Å². The topological polar surface area (TPSA) is 46.3 Å². The molecule has 1 amide bonds. The van der Waals surface area contributed by atoms with Gasteiger partial charge in [0.15, 0.2) is 0 Å². The molecule has 1 aliphatic rings. The van der Waals surface area contributed by atoms with Crippen molar-refractivity contribution >= 4 is 17.7 Å². The Morgan fingerprint density at radius 2 is 2.11 bits per heavy atom. The van der Waals surface area contributed by atoms with Gasteiger partial charge in [0.1, 0.15) is 0 Å².